The lowest BCUT2D eigenvalue weighted by Gasteiger charge is -2.25. The van der Waals surface area contributed by atoms with E-state index in [0.29, 0.717) is 18.9 Å². The van der Waals surface area contributed by atoms with E-state index >= 15 is 0 Å². The highest BCUT2D eigenvalue weighted by molar-refractivity contribution is 7.99. The summed E-state index contributed by atoms with van der Waals surface area (Å²) in [4.78, 5) is 11.0. The molecule has 0 aliphatic carbocycles. The number of Topliss-reactive ketones (excluding diaryl/α,β-unsaturated/α-hetero) is 1. The summed E-state index contributed by atoms with van der Waals surface area (Å²) < 4.78 is 5.44. The molecular formula is C9H14O2S. The van der Waals surface area contributed by atoms with Crippen LogP contribution in [0.4, 0.5) is 0 Å². The summed E-state index contributed by atoms with van der Waals surface area (Å²) in [5, 5.41) is 0. The van der Waals surface area contributed by atoms with Crippen LogP contribution in [0.5, 0.6) is 0 Å². The minimum absolute atomic E-state index is 0.255. The molecule has 68 valence electrons. The number of ether oxygens (including phenoxy) is 1. The van der Waals surface area contributed by atoms with Crippen molar-refractivity contribution in [3.05, 3.63) is 0 Å². The van der Waals surface area contributed by atoms with Gasteiger partial charge in [0.1, 0.15) is 6.61 Å². The van der Waals surface area contributed by atoms with Gasteiger partial charge in [0, 0.05) is 6.42 Å². The molecule has 0 bridgehead atoms. The molecule has 0 amide bonds. The smallest absolute Gasteiger partial charge is 0.161 e. The first kappa shape index (κ1) is 8.57. The first-order valence-electron chi connectivity index (χ1n) is 4.57. The van der Waals surface area contributed by atoms with Gasteiger partial charge >= 0.3 is 0 Å². The van der Waals surface area contributed by atoms with Crippen molar-refractivity contribution in [3.63, 3.8) is 0 Å². The Bertz CT molecular complexity index is 175. The average molecular weight is 186 g/mol. The van der Waals surface area contributed by atoms with Gasteiger partial charge in [-0.3, -0.25) is 4.79 Å². The van der Waals surface area contributed by atoms with Gasteiger partial charge in [0.05, 0.1) is 6.10 Å². The van der Waals surface area contributed by atoms with Gasteiger partial charge in [-0.15, -0.1) is 0 Å². The van der Waals surface area contributed by atoms with E-state index in [9.17, 15) is 4.79 Å². The zero-order chi connectivity index (χ0) is 8.39. The Morgan fingerprint density at radius 3 is 3.00 bits per heavy atom. The minimum Gasteiger partial charge on any atom is -0.370 e. The van der Waals surface area contributed by atoms with E-state index < -0.39 is 0 Å². The summed E-state index contributed by atoms with van der Waals surface area (Å²) in [5.41, 5.74) is 0. The summed E-state index contributed by atoms with van der Waals surface area (Å²) in [5.74, 6) is 3.42. The lowest BCUT2D eigenvalue weighted by molar-refractivity contribution is -0.117. The van der Waals surface area contributed by atoms with E-state index in [0.717, 1.165) is 0 Å². The van der Waals surface area contributed by atoms with Gasteiger partial charge in [0.2, 0.25) is 0 Å². The molecule has 0 saturated carbocycles. The normalized spacial score (nSPS) is 37.2. The second kappa shape index (κ2) is 3.79. The van der Waals surface area contributed by atoms with E-state index in [1.165, 1.54) is 24.3 Å². The van der Waals surface area contributed by atoms with Gasteiger partial charge in [0.25, 0.3) is 0 Å². The zero-order valence-electron chi connectivity index (χ0n) is 7.12. The van der Waals surface area contributed by atoms with Crippen LogP contribution in [0, 0.1) is 5.92 Å². The Morgan fingerprint density at radius 2 is 2.42 bits per heavy atom. The van der Waals surface area contributed by atoms with Crippen molar-refractivity contribution in [2.45, 2.75) is 25.4 Å². The molecule has 2 aliphatic heterocycles. The highest BCUT2D eigenvalue weighted by Gasteiger charge is 2.31. The molecule has 0 aromatic carbocycles. The molecule has 0 aromatic rings. The molecule has 2 nitrogen and oxygen atoms in total. The van der Waals surface area contributed by atoms with E-state index in [-0.39, 0.29) is 11.9 Å². The molecule has 3 heteroatoms. The number of hydrogen-bond acceptors (Lipinski definition) is 3. The van der Waals surface area contributed by atoms with E-state index in [1.807, 2.05) is 11.8 Å². The number of hydrogen-bond donors (Lipinski definition) is 0. The van der Waals surface area contributed by atoms with Crippen LogP contribution in [-0.4, -0.2) is 30.0 Å². The first-order chi connectivity index (χ1) is 5.86. The highest BCUT2D eigenvalue weighted by Crippen LogP contribution is 2.30. The summed E-state index contributed by atoms with van der Waals surface area (Å²) in [6.07, 6.45) is 3.48. The van der Waals surface area contributed by atoms with Gasteiger partial charge in [-0.25, -0.2) is 0 Å². The average Bonchev–Trinajstić information content (AvgIpc) is 2.54. The van der Waals surface area contributed by atoms with Gasteiger partial charge in [-0.05, 0) is 30.3 Å². The van der Waals surface area contributed by atoms with Crippen LogP contribution in [0.2, 0.25) is 0 Å². The maximum atomic E-state index is 11.0. The van der Waals surface area contributed by atoms with Crippen molar-refractivity contribution in [1.29, 1.82) is 0 Å². The predicted molar refractivity (Wildman–Crippen MR) is 49.4 cm³/mol. The molecule has 2 fully saturated rings. The number of ketones is 1. The van der Waals surface area contributed by atoms with Crippen LogP contribution in [0.25, 0.3) is 0 Å². The van der Waals surface area contributed by atoms with Crippen LogP contribution in [0.3, 0.4) is 0 Å². The molecule has 0 N–H and O–H groups in total. The second-order valence-corrected chi connectivity index (χ2v) is 4.72. The molecule has 12 heavy (non-hydrogen) atoms. The molecule has 2 aliphatic rings. The van der Waals surface area contributed by atoms with Crippen LogP contribution < -0.4 is 0 Å². The Kier molecular flexibility index (Phi) is 2.71. The number of carbonyl (C=O) groups is 1. The van der Waals surface area contributed by atoms with Gasteiger partial charge in [-0.1, -0.05) is 0 Å². The number of carbonyl (C=O) groups excluding carboxylic acids is 1. The zero-order valence-corrected chi connectivity index (χ0v) is 7.94. The van der Waals surface area contributed by atoms with Crippen molar-refractivity contribution in [3.8, 4) is 0 Å². The van der Waals surface area contributed by atoms with E-state index in [1.54, 1.807) is 0 Å². The summed E-state index contributed by atoms with van der Waals surface area (Å²) in [7, 11) is 0. The third kappa shape index (κ3) is 1.83. The third-order valence-corrected chi connectivity index (χ3v) is 3.85. The van der Waals surface area contributed by atoms with Gasteiger partial charge in [0.15, 0.2) is 5.78 Å². The van der Waals surface area contributed by atoms with Crippen molar-refractivity contribution in [2.75, 3.05) is 18.1 Å². The molecular weight excluding hydrogens is 172 g/mol. The van der Waals surface area contributed by atoms with Crippen molar-refractivity contribution in [2.24, 2.45) is 5.92 Å². The Balaban J connectivity index is 1.86. The van der Waals surface area contributed by atoms with E-state index in [4.69, 9.17) is 4.74 Å². The first-order valence-corrected chi connectivity index (χ1v) is 5.73. The molecule has 2 saturated heterocycles. The maximum Gasteiger partial charge on any atom is 0.161 e. The van der Waals surface area contributed by atoms with Crippen molar-refractivity contribution < 1.29 is 9.53 Å². The fourth-order valence-corrected chi connectivity index (χ4v) is 3.13. The Morgan fingerprint density at radius 1 is 1.50 bits per heavy atom. The predicted octanol–water partition coefficient (Wildman–Crippen LogP) is 1.49. The Hall–Kier alpha value is -0.0200. The van der Waals surface area contributed by atoms with E-state index in [2.05, 4.69) is 0 Å². The topological polar surface area (TPSA) is 26.3 Å². The fourth-order valence-electron chi connectivity index (χ4n) is 1.90. The molecule has 2 unspecified atom stereocenters. The van der Waals surface area contributed by atoms with Crippen LogP contribution >= 0.6 is 11.8 Å². The van der Waals surface area contributed by atoms with Crippen LogP contribution in [0.1, 0.15) is 19.3 Å². The molecule has 2 heterocycles. The molecule has 0 spiro atoms. The summed E-state index contributed by atoms with van der Waals surface area (Å²) in [6, 6.07) is 0. The lowest BCUT2D eigenvalue weighted by atomic mass is 9.96. The lowest BCUT2D eigenvalue weighted by Crippen LogP contribution is -2.24. The summed E-state index contributed by atoms with van der Waals surface area (Å²) in [6.45, 7) is 0.367. The summed E-state index contributed by atoms with van der Waals surface area (Å²) >= 11 is 2.00. The van der Waals surface area contributed by atoms with Gasteiger partial charge < -0.3 is 4.74 Å². The Labute approximate surface area is 77.0 Å². The highest BCUT2D eigenvalue weighted by atomic mass is 32.2. The van der Waals surface area contributed by atoms with Crippen LogP contribution in [-0.2, 0) is 9.53 Å². The number of thioether (sulfide) groups is 1. The molecule has 2 atom stereocenters. The fraction of sp³-hybridized carbons (Fsp3) is 0.889. The second-order valence-electron chi connectivity index (χ2n) is 3.57. The molecule has 0 radical (unpaired) electrons. The minimum atomic E-state index is 0.255. The SMILES string of the molecule is O=C1COC(C2CCCSC2)C1. The largest absolute Gasteiger partial charge is 0.370 e. The maximum absolute atomic E-state index is 11.0. The standard InChI is InChI=1S/C9H14O2S/c10-8-4-9(11-5-8)7-2-1-3-12-6-7/h7,9H,1-6H2. The monoisotopic (exact) mass is 186 g/mol. The quantitative estimate of drug-likeness (QED) is 0.620. The molecule has 2 rings (SSSR count). The number of rotatable bonds is 1. The van der Waals surface area contributed by atoms with Gasteiger partial charge in [-0.2, -0.15) is 11.8 Å². The third-order valence-electron chi connectivity index (χ3n) is 2.61. The molecule has 0 aromatic heterocycles. The van der Waals surface area contributed by atoms with Crippen molar-refractivity contribution >= 4 is 17.5 Å². The van der Waals surface area contributed by atoms with Crippen LogP contribution in [0.15, 0.2) is 0 Å². The van der Waals surface area contributed by atoms with Crippen molar-refractivity contribution in [1.82, 2.24) is 0 Å².